The highest BCUT2D eigenvalue weighted by Crippen LogP contribution is 2.31. The van der Waals surface area contributed by atoms with Crippen LogP contribution in [0.25, 0.3) is 11.2 Å². The molecule has 1 saturated heterocycles. The Balaban J connectivity index is 1.33. The number of aryl methyl sites for hydroxylation is 3. The van der Waals surface area contributed by atoms with E-state index in [4.69, 9.17) is 4.98 Å². The molecule has 0 atom stereocenters. The van der Waals surface area contributed by atoms with Gasteiger partial charge in [0.25, 0.3) is 0 Å². The van der Waals surface area contributed by atoms with E-state index in [1.807, 2.05) is 17.0 Å². The van der Waals surface area contributed by atoms with Crippen LogP contribution in [-0.2, 0) is 17.8 Å². The molecule has 0 bridgehead atoms. The van der Waals surface area contributed by atoms with Crippen LogP contribution in [0.1, 0.15) is 56.8 Å². The second kappa shape index (κ2) is 9.49. The van der Waals surface area contributed by atoms with Gasteiger partial charge in [0.1, 0.15) is 12.2 Å². The summed E-state index contributed by atoms with van der Waals surface area (Å²) in [5.74, 6) is 2.37. The number of nitrogens with zero attached hydrogens (tertiary/aromatic N) is 6. The first-order chi connectivity index (χ1) is 16.2. The van der Waals surface area contributed by atoms with Crippen molar-refractivity contribution in [3.8, 4) is 0 Å². The number of hydrogen-bond acceptors (Lipinski definition) is 5. The minimum Gasteiger partial charge on any atom is -0.355 e. The first-order valence-corrected chi connectivity index (χ1v) is 12.5. The van der Waals surface area contributed by atoms with Crippen LogP contribution >= 0.6 is 0 Å². The average molecular weight is 447 g/mol. The van der Waals surface area contributed by atoms with E-state index >= 15 is 0 Å². The molecule has 3 aromatic rings. The molecule has 33 heavy (non-hydrogen) atoms. The largest absolute Gasteiger partial charge is 0.355 e. The molecule has 1 aromatic carbocycles. The fraction of sp³-hybridized carbons (Fsp3) is 0.538. The maximum absolute atomic E-state index is 13.5. The number of hydrogen-bond donors (Lipinski definition) is 0. The van der Waals surface area contributed by atoms with E-state index < -0.39 is 0 Å². The van der Waals surface area contributed by atoms with Gasteiger partial charge in [0.15, 0.2) is 17.0 Å². The van der Waals surface area contributed by atoms with Crippen LogP contribution in [0, 0.1) is 12.8 Å². The fourth-order valence-electron chi connectivity index (χ4n) is 5.35. The van der Waals surface area contributed by atoms with E-state index in [1.54, 1.807) is 6.33 Å². The number of para-hydroxylation sites is 1. The Morgan fingerprint density at radius 2 is 1.91 bits per heavy atom. The Kier molecular flexibility index (Phi) is 6.29. The first kappa shape index (κ1) is 21.9. The maximum atomic E-state index is 13.5. The topological polar surface area (TPSA) is 67.2 Å². The van der Waals surface area contributed by atoms with Crippen LogP contribution in [0.3, 0.4) is 0 Å². The molecular formula is C26H34N6O. The zero-order chi connectivity index (χ0) is 22.8. The molecule has 0 N–H and O–H groups in total. The number of rotatable bonds is 5. The Labute approximate surface area is 195 Å². The molecule has 7 heteroatoms. The third kappa shape index (κ3) is 4.21. The molecule has 0 aliphatic carbocycles. The molecule has 0 radical (unpaired) electrons. The van der Waals surface area contributed by atoms with Gasteiger partial charge in [0.05, 0.1) is 0 Å². The summed E-state index contributed by atoms with van der Waals surface area (Å²) in [6, 6.07) is 8.20. The summed E-state index contributed by atoms with van der Waals surface area (Å²) >= 11 is 0. The highest BCUT2D eigenvalue weighted by Gasteiger charge is 2.31. The Hall–Kier alpha value is -2.96. The molecule has 0 spiro atoms. The summed E-state index contributed by atoms with van der Waals surface area (Å²) in [4.78, 5) is 32.0. The number of benzene rings is 1. The van der Waals surface area contributed by atoms with Gasteiger partial charge in [0, 0.05) is 44.2 Å². The third-order valence-electron chi connectivity index (χ3n) is 7.14. The zero-order valence-electron chi connectivity index (χ0n) is 19.8. The van der Waals surface area contributed by atoms with Gasteiger partial charge in [-0.1, -0.05) is 31.5 Å². The van der Waals surface area contributed by atoms with Crippen molar-refractivity contribution in [2.75, 3.05) is 29.4 Å². The summed E-state index contributed by atoms with van der Waals surface area (Å²) < 4.78 is 2.29. The van der Waals surface area contributed by atoms with Crippen LogP contribution in [-0.4, -0.2) is 45.1 Å². The standard InChI is InChI=1S/C26H34N6O/c1-3-14-31(21-10-7-6-9-19(21)2)26(33)20-12-16-30(17-13-20)24-23-25(28-18-27-24)32-15-8-4-5-11-22(32)29-23/h6-7,9-10,18,20H,3-5,8,11-17H2,1-2H3. The molecule has 2 aliphatic rings. The van der Waals surface area contributed by atoms with E-state index in [9.17, 15) is 4.79 Å². The predicted molar refractivity (Wildman–Crippen MR) is 132 cm³/mol. The van der Waals surface area contributed by atoms with E-state index in [0.29, 0.717) is 0 Å². The lowest BCUT2D eigenvalue weighted by molar-refractivity contribution is -0.123. The molecule has 0 saturated carbocycles. The summed E-state index contributed by atoms with van der Waals surface area (Å²) in [6.45, 7) is 7.60. The molecule has 0 unspecified atom stereocenters. The Morgan fingerprint density at radius 3 is 2.70 bits per heavy atom. The van der Waals surface area contributed by atoms with Gasteiger partial charge in [0.2, 0.25) is 5.91 Å². The SMILES string of the molecule is CCCN(C(=O)C1CCN(c2ncnc3c2nc2n3CCCCC2)CC1)c1ccccc1C. The van der Waals surface area contributed by atoms with Gasteiger partial charge in [-0.2, -0.15) is 0 Å². The molecule has 1 fully saturated rings. The first-order valence-electron chi connectivity index (χ1n) is 12.5. The Morgan fingerprint density at radius 1 is 1.09 bits per heavy atom. The molecule has 4 heterocycles. The minimum absolute atomic E-state index is 0.0449. The van der Waals surface area contributed by atoms with Crippen molar-refractivity contribution in [3.05, 3.63) is 42.0 Å². The van der Waals surface area contributed by atoms with Crippen LogP contribution < -0.4 is 9.80 Å². The lowest BCUT2D eigenvalue weighted by Gasteiger charge is -2.35. The van der Waals surface area contributed by atoms with Gasteiger partial charge < -0.3 is 14.4 Å². The lowest BCUT2D eigenvalue weighted by Crippen LogP contribution is -2.43. The fourth-order valence-corrected chi connectivity index (χ4v) is 5.35. The third-order valence-corrected chi connectivity index (χ3v) is 7.14. The monoisotopic (exact) mass is 446 g/mol. The van der Waals surface area contributed by atoms with Crippen molar-refractivity contribution < 1.29 is 4.79 Å². The molecule has 2 aliphatic heterocycles. The number of fused-ring (bicyclic) bond motifs is 3. The van der Waals surface area contributed by atoms with Crippen molar-refractivity contribution in [1.82, 2.24) is 19.5 Å². The lowest BCUT2D eigenvalue weighted by atomic mass is 9.94. The molecule has 2 aromatic heterocycles. The highest BCUT2D eigenvalue weighted by atomic mass is 16.2. The van der Waals surface area contributed by atoms with Crippen LogP contribution in [0.15, 0.2) is 30.6 Å². The number of anilines is 2. The highest BCUT2D eigenvalue weighted by molar-refractivity contribution is 5.96. The normalized spacial score (nSPS) is 17.1. The van der Waals surface area contributed by atoms with Gasteiger partial charge in [-0.05, 0) is 50.7 Å². The van der Waals surface area contributed by atoms with Crippen LogP contribution in [0.5, 0.6) is 0 Å². The number of imidazole rings is 1. The van der Waals surface area contributed by atoms with E-state index in [0.717, 1.165) is 85.9 Å². The van der Waals surface area contributed by atoms with E-state index in [2.05, 4.69) is 45.4 Å². The number of carbonyl (C=O) groups is 1. The van der Waals surface area contributed by atoms with E-state index in [1.165, 1.54) is 19.3 Å². The smallest absolute Gasteiger partial charge is 0.230 e. The molecular weight excluding hydrogens is 412 g/mol. The summed E-state index contributed by atoms with van der Waals surface area (Å²) in [5, 5.41) is 0. The number of piperidine rings is 1. The van der Waals surface area contributed by atoms with E-state index in [-0.39, 0.29) is 11.8 Å². The Bertz CT molecular complexity index is 1130. The molecule has 174 valence electrons. The van der Waals surface area contributed by atoms with Crippen molar-refractivity contribution in [2.45, 2.75) is 65.3 Å². The number of carbonyl (C=O) groups excluding carboxylic acids is 1. The van der Waals surface area contributed by atoms with Crippen molar-refractivity contribution in [3.63, 3.8) is 0 Å². The second-order valence-electron chi connectivity index (χ2n) is 9.40. The maximum Gasteiger partial charge on any atom is 0.230 e. The molecule has 7 nitrogen and oxygen atoms in total. The van der Waals surface area contributed by atoms with Crippen LogP contribution in [0.2, 0.25) is 0 Å². The van der Waals surface area contributed by atoms with Gasteiger partial charge in [-0.25, -0.2) is 15.0 Å². The van der Waals surface area contributed by atoms with Gasteiger partial charge in [-0.3, -0.25) is 4.79 Å². The molecule has 5 rings (SSSR count). The molecule has 1 amide bonds. The average Bonchev–Trinajstić information content (AvgIpc) is 3.03. The number of amides is 1. The second-order valence-corrected chi connectivity index (χ2v) is 9.40. The summed E-state index contributed by atoms with van der Waals surface area (Å²) in [6.07, 6.45) is 8.93. The minimum atomic E-state index is 0.0449. The van der Waals surface area contributed by atoms with Crippen molar-refractivity contribution in [1.29, 1.82) is 0 Å². The summed E-state index contributed by atoms with van der Waals surface area (Å²) in [5.41, 5.74) is 4.08. The zero-order valence-corrected chi connectivity index (χ0v) is 19.8. The predicted octanol–water partition coefficient (Wildman–Crippen LogP) is 4.52. The summed E-state index contributed by atoms with van der Waals surface area (Å²) in [7, 11) is 0. The number of aromatic nitrogens is 4. The van der Waals surface area contributed by atoms with Crippen LogP contribution in [0.4, 0.5) is 11.5 Å². The van der Waals surface area contributed by atoms with Gasteiger partial charge >= 0.3 is 0 Å². The van der Waals surface area contributed by atoms with Crippen molar-refractivity contribution in [2.24, 2.45) is 5.92 Å². The quantitative estimate of drug-likeness (QED) is 0.576. The van der Waals surface area contributed by atoms with Crippen molar-refractivity contribution >= 4 is 28.6 Å². The van der Waals surface area contributed by atoms with Gasteiger partial charge in [-0.15, -0.1) is 0 Å².